The molecule has 0 bridgehead atoms. The van der Waals surface area contributed by atoms with Crippen LogP contribution in [-0.2, 0) is 9.63 Å². The minimum atomic E-state index is -0.771. The molecule has 0 aromatic carbocycles. The van der Waals surface area contributed by atoms with Gasteiger partial charge in [0.2, 0.25) is 5.91 Å². The molecule has 1 amide bonds. The molecule has 8 heavy (non-hydrogen) atoms. The first-order valence-electron chi connectivity index (χ1n) is 2.06. The predicted molar refractivity (Wildman–Crippen MR) is 27.1 cm³/mol. The van der Waals surface area contributed by atoms with Crippen LogP contribution in [-0.4, -0.2) is 12.1 Å². The van der Waals surface area contributed by atoms with Crippen LogP contribution in [0.15, 0.2) is 0 Å². The van der Waals surface area contributed by atoms with Gasteiger partial charge in [0.05, 0.1) is 6.42 Å². The summed E-state index contributed by atoms with van der Waals surface area (Å²) in [5.74, 6) is 4.06. The number of carbonyl (C=O) groups is 1. The van der Waals surface area contributed by atoms with Gasteiger partial charge in [-0.05, 0) is 0 Å². The summed E-state index contributed by atoms with van der Waals surface area (Å²) in [6, 6.07) is 0. The fourth-order valence-electron chi connectivity index (χ4n) is 0.246. The molecule has 0 aliphatic heterocycles. The zero-order valence-electron chi connectivity index (χ0n) is 4.33. The third-order valence-corrected chi connectivity index (χ3v) is 0.577. The van der Waals surface area contributed by atoms with Crippen molar-refractivity contribution >= 4 is 5.91 Å². The molecule has 0 saturated carbocycles. The summed E-state index contributed by atoms with van der Waals surface area (Å²) in [4.78, 5) is 14.0. The van der Waals surface area contributed by atoms with E-state index in [1.807, 2.05) is 0 Å². The van der Waals surface area contributed by atoms with Crippen molar-refractivity contribution in [2.24, 2.45) is 17.4 Å². The van der Waals surface area contributed by atoms with E-state index in [2.05, 4.69) is 10.7 Å². The van der Waals surface area contributed by atoms with E-state index in [-0.39, 0.29) is 6.42 Å². The molecule has 0 aliphatic rings. The SMILES string of the molecule is NOC(N)CC(N)=O. The van der Waals surface area contributed by atoms with Gasteiger partial charge >= 0.3 is 0 Å². The predicted octanol–water partition coefficient (Wildman–Crippen LogP) is -1.96. The molecule has 5 heteroatoms. The second-order valence-corrected chi connectivity index (χ2v) is 1.34. The van der Waals surface area contributed by atoms with Gasteiger partial charge in [0.15, 0.2) is 0 Å². The van der Waals surface area contributed by atoms with Crippen molar-refractivity contribution in [1.82, 2.24) is 0 Å². The van der Waals surface area contributed by atoms with Gasteiger partial charge in [-0.1, -0.05) is 0 Å². The normalized spacial score (nSPS) is 13.2. The first-order chi connectivity index (χ1) is 3.66. The van der Waals surface area contributed by atoms with Crippen LogP contribution < -0.4 is 17.4 Å². The Morgan fingerprint density at radius 3 is 2.38 bits per heavy atom. The molecule has 5 nitrogen and oxygen atoms in total. The van der Waals surface area contributed by atoms with Gasteiger partial charge in [-0.3, -0.25) is 9.63 Å². The highest BCUT2D eigenvalue weighted by molar-refractivity contribution is 5.74. The maximum Gasteiger partial charge on any atom is 0.221 e. The summed E-state index contributed by atoms with van der Waals surface area (Å²) in [6.07, 6.45) is -0.816. The molecular formula is C3H9N3O2. The standard InChI is InChI=1S/C3H9N3O2/c4-2(7)1-3(5)8-6/h3H,1,5-6H2,(H2,4,7). The molecule has 6 N–H and O–H groups in total. The minimum absolute atomic E-state index is 0.0451. The molecule has 0 radical (unpaired) electrons. The fraction of sp³-hybridized carbons (Fsp3) is 0.667. The number of rotatable bonds is 3. The van der Waals surface area contributed by atoms with Crippen LogP contribution in [0.4, 0.5) is 0 Å². The van der Waals surface area contributed by atoms with Gasteiger partial charge in [0, 0.05) is 0 Å². The molecule has 1 atom stereocenters. The number of amides is 1. The van der Waals surface area contributed by atoms with Crippen LogP contribution in [0.2, 0.25) is 0 Å². The minimum Gasteiger partial charge on any atom is -0.370 e. The van der Waals surface area contributed by atoms with Gasteiger partial charge < -0.3 is 11.5 Å². The molecule has 0 spiro atoms. The van der Waals surface area contributed by atoms with Crippen molar-refractivity contribution in [1.29, 1.82) is 0 Å². The first-order valence-corrected chi connectivity index (χ1v) is 2.06. The maximum atomic E-state index is 9.98. The Hall–Kier alpha value is -0.650. The third kappa shape index (κ3) is 3.54. The van der Waals surface area contributed by atoms with Gasteiger partial charge in [-0.15, -0.1) is 0 Å². The molecule has 0 aromatic rings. The van der Waals surface area contributed by atoms with Crippen molar-refractivity contribution in [3.05, 3.63) is 0 Å². The van der Waals surface area contributed by atoms with Crippen molar-refractivity contribution in [3.63, 3.8) is 0 Å². The number of hydrogen-bond donors (Lipinski definition) is 3. The van der Waals surface area contributed by atoms with Crippen molar-refractivity contribution in [2.75, 3.05) is 0 Å². The van der Waals surface area contributed by atoms with E-state index >= 15 is 0 Å². The van der Waals surface area contributed by atoms with Crippen molar-refractivity contribution in [3.8, 4) is 0 Å². The highest BCUT2D eigenvalue weighted by Gasteiger charge is 2.02. The Balaban J connectivity index is 3.24. The van der Waals surface area contributed by atoms with Crippen LogP contribution in [0, 0.1) is 0 Å². The molecule has 0 rings (SSSR count). The average molecular weight is 119 g/mol. The summed E-state index contributed by atoms with van der Waals surface area (Å²) >= 11 is 0. The molecule has 0 fully saturated rings. The van der Waals surface area contributed by atoms with Gasteiger partial charge in [-0.25, -0.2) is 5.90 Å². The lowest BCUT2D eigenvalue weighted by atomic mass is 10.4. The third-order valence-electron chi connectivity index (χ3n) is 0.577. The smallest absolute Gasteiger partial charge is 0.221 e. The lowest BCUT2D eigenvalue weighted by molar-refractivity contribution is -0.120. The Labute approximate surface area is 46.7 Å². The molecule has 1 unspecified atom stereocenters. The van der Waals surface area contributed by atoms with E-state index in [1.165, 1.54) is 0 Å². The Bertz CT molecular complexity index is 84.6. The van der Waals surface area contributed by atoms with E-state index in [9.17, 15) is 4.79 Å². The van der Waals surface area contributed by atoms with Crippen molar-refractivity contribution in [2.45, 2.75) is 12.6 Å². The van der Waals surface area contributed by atoms with Crippen LogP contribution in [0.25, 0.3) is 0 Å². The summed E-state index contributed by atoms with van der Waals surface area (Å²) in [6.45, 7) is 0. The largest absolute Gasteiger partial charge is 0.370 e. The molecule has 48 valence electrons. The topological polar surface area (TPSA) is 104 Å². The number of hydrogen-bond acceptors (Lipinski definition) is 4. The highest BCUT2D eigenvalue weighted by Crippen LogP contribution is 1.81. The number of carbonyl (C=O) groups excluding carboxylic acids is 1. The first kappa shape index (κ1) is 7.35. The Morgan fingerprint density at radius 1 is 1.75 bits per heavy atom. The second kappa shape index (κ2) is 3.36. The zero-order valence-corrected chi connectivity index (χ0v) is 4.33. The molecule has 0 saturated heterocycles. The second-order valence-electron chi connectivity index (χ2n) is 1.34. The Morgan fingerprint density at radius 2 is 2.25 bits per heavy atom. The van der Waals surface area contributed by atoms with Crippen molar-refractivity contribution < 1.29 is 9.63 Å². The fourth-order valence-corrected chi connectivity index (χ4v) is 0.246. The monoisotopic (exact) mass is 119 g/mol. The number of nitrogens with two attached hydrogens (primary N) is 3. The summed E-state index contributed by atoms with van der Waals surface area (Å²) in [5, 5.41) is 0. The molecular weight excluding hydrogens is 110 g/mol. The quantitative estimate of drug-likeness (QED) is 0.296. The number of primary amides is 1. The van der Waals surface area contributed by atoms with Gasteiger partial charge in [-0.2, -0.15) is 0 Å². The van der Waals surface area contributed by atoms with E-state index in [4.69, 9.17) is 11.5 Å². The van der Waals surface area contributed by atoms with Gasteiger partial charge in [0.25, 0.3) is 0 Å². The van der Waals surface area contributed by atoms with Crippen LogP contribution >= 0.6 is 0 Å². The molecule has 0 aliphatic carbocycles. The Kier molecular flexibility index (Phi) is 3.09. The molecule has 0 heterocycles. The summed E-state index contributed by atoms with van der Waals surface area (Å²) in [5.41, 5.74) is 9.74. The van der Waals surface area contributed by atoms with Crippen LogP contribution in [0.1, 0.15) is 6.42 Å². The van der Waals surface area contributed by atoms with E-state index in [0.29, 0.717) is 0 Å². The lowest BCUT2D eigenvalue weighted by Crippen LogP contribution is -2.32. The zero-order chi connectivity index (χ0) is 6.57. The van der Waals surface area contributed by atoms with E-state index < -0.39 is 12.1 Å². The lowest BCUT2D eigenvalue weighted by Gasteiger charge is -2.02. The van der Waals surface area contributed by atoms with Crippen LogP contribution in [0.3, 0.4) is 0 Å². The van der Waals surface area contributed by atoms with Crippen LogP contribution in [0.5, 0.6) is 0 Å². The summed E-state index contributed by atoms with van der Waals surface area (Å²) < 4.78 is 0. The summed E-state index contributed by atoms with van der Waals surface area (Å²) in [7, 11) is 0. The van der Waals surface area contributed by atoms with E-state index in [0.717, 1.165) is 0 Å². The van der Waals surface area contributed by atoms with E-state index in [1.54, 1.807) is 0 Å². The highest BCUT2D eigenvalue weighted by atomic mass is 16.6. The molecule has 0 aromatic heterocycles. The average Bonchev–Trinajstić information content (AvgIpc) is 1.65. The van der Waals surface area contributed by atoms with Gasteiger partial charge in [0.1, 0.15) is 6.23 Å². The maximum absolute atomic E-state index is 9.98.